The topological polar surface area (TPSA) is 69.9 Å². The van der Waals surface area contributed by atoms with Crippen LogP contribution in [0.4, 0.5) is 0 Å². The van der Waals surface area contributed by atoms with E-state index in [9.17, 15) is 9.59 Å². The number of aldehydes is 1. The minimum atomic E-state index is -0.291. The summed E-state index contributed by atoms with van der Waals surface area (Å²) >= 11 is 1.37. The average molecular weight is 372 g/mol. The number of aromatic nitrogens is 2. The van der Waals surface area contributed by atoms with Gasteiger partial charge >= 0.3 is 5.97 Å². The van der Waals surface area contributed by atoms with Gasteiger partial charge in [0.1, 0.15) is 17.1 Å². The lowest BCUT2D eigenvalue weighted by Gasteiger charge is -2.10. The van der Waals surface area contributed by atoms with E-state index in [1.165, 1.54) is 11.3 Å². The van der Waals surface area contributed by atoms with Gasteiger partial charge < -0.3 is 9.47 Å². The number of esters is 1. The van der Waals surface area contributed by atoms with Crippen molar-refractivity contribution in [2.45, 2.75) is 27.2 Å². The molecule has 0 bridgehead atoms. The van der Waals surface area contributed by atoms with Gasteiger partial charge in [-0.1, -0.05) is 0 Å². The SMILES string of the molecule is CCOC(=O)Cc1cn2c(C=O)c(-c3cc(C)c(C)cc3OC)nc2s1. The first-order chi connectivity index (χ1) is 12.5. The molecule has 0 amide bonds. The van der Waals surface area contributed by atoms with Crippen molar-refractivity contribution in [2.75, 3.05) is 13.7 Å². The van der Waals surface area contributed by atoms with E-state index in [2.05, 4.69) is 4.98 Å². The highest BCUT2D eigenvalue weighted by atomic mass is 32.1. The van der Waals surface area contributed by atoms with Gasteiger partial charge in [-0.25, -0.2) is 4.98 Å². The molecule has 0 aliphatic carbocycles. The molecule has 0 unspecified atom stereocenters. The molecule has 136 valence electrons. The second kappa shape index (κ2) is 7.29. The summed E-state index contributed by atoms with van der Waals surface area (Å²) in [4.78, 5) is 29.5. The summed E-state index contributed by atoms with van der Waals surface area (Å²) in [6.07, 6.45) is 2.72. The molecule has 0 aliphatic rings. The summed E-state index contributed by atoms with van der Waals surface area (Å²) in [6, 6.07) is 3.92. The Balaban J connectivity index is 2.08. The Morgan fingerprint density at radius 3 is 2.69 bits per heavy atom. The smallest absolute Gasteiger partial charge is 0.311 e. The number of benzene rings is 1. The summed E-state index contributed by atoms with van der Waals surface area (Å²) < 4.78 is 12.2. The molecule has 0 atom stereocenters. The Bertz CT molecular complexity index is 987. The molecule has 2 heterocycles. The van der Waals surface area contributed by atoms with Crippen molar-refractivity contribution in [2.24, 2.45) is 0 Å². The fraction of sp³-hybridized carbons (Fsp3) is 0.316. The second-order valence-corrected chi connectivity index (χ2v) is 7.03. The zero-order valence-electron chi connectivity index (χ0n) is 15.2. The molecule has 26 heavy (non-hydrogen) atoms. The van der Waals surface area contributed by atoms with Crippen LogP contribution in [0.5, 0.6) is 5.75 Å². The molecule has 0 fully saturated rings. The summed E-state index contributed by atoms with van der Waals surface area (Å²) in [5.74, 6) is 0.384. The number of carbonyl (C=O) groups excluding carboxylic acids is 2. The third-order valence-corrected chi connectivity index (χ3v) is 5.20. The van der Waals surface area contributed by atoms with Crippen LogP contribution in [0.15, 0.2) is 18.3 Å². The molecule has 6 nitrogen and oxygen atoms in total. The minimum absolute atomic E-state index is 0.169. The summed E-state index contributed by atoms with van der Waals surface area (Å²) in [7, 11) is 1.60. The first-order valence-electron chi connectivity index (χ1n) is 8.25. The van der Waals surface area contributed by atoms with Crippen LogP contribution < -0.4 is 4.74 Å². The first-order valence-corrected chi connectivity index (χ1v) is 9.07. The van der Waals surface area contributed by atoms with Crippen molar-refractivity contribution in [3.63, 3.8) is 0 Å². The average Bonchev–Trinajstić information content (AvgIpc) is 3.13. The summed E-state index contributed by atoms with van der Waals surface area (Å²) in [5, 5.41) is 0. The molecule has 0 N–H and O–H groups in total. The van der Waals surface area contributed by atoms with Crippen LogP contribution in [0, 0.1) is 13.8 Å². The molecule has 0 saturated heterocycles. The van der Waals surface area contributed by atoms with E-state index < -0.39 is 0 Å². The number of methoxy groups -OCH3 is 1. The van der Waals surface area contributed by atoms with Crippen molar-refractivity contribution >= 4 is 28.6 Å². The van der Waals surface area contributed by atoms with Crippen LogP contribution in [0.3, 0.4) is 0 Å². The van der Waals surface area contributed by atoms with E-state index in [4.69, 9.17) is 9.47 Å². The fourth-order valence-electron chi connectivity index (χ4n) is 2.80. The van der Waals surface area contributed by atoms with E-state index in [0.717, 1.165) is 27.9 Å². The van der Waals surface area contributed by atoms with E-state index in [1.807, 2.05) is 26.0 Å². The highest BCUT2D eigenvalue weighted by molar-refractivity contribution is 7.17. The molecular weight excluding hydrogens is 352 g/mol. The van der Waals surface area contributed by atoms with Crippen molar-refractivity contribution < 1.29 is 19.1 Å². The van der Waals surface area contributed by atoms with Gasteiger partial charge in [0.05, 0.1) is 20.1 Å². The lowest BCUT2D eigenvalue weighted by Crippen LogP contribution is -2.06. The zero-order chi connectivity index (χ0) is 18.8. The predicted molar refractivity (Wildman–Crippen MR) is 100 cm³/mol. The molecule has 1 aromatic carbocycles. The van der Waals surface area contributed by atoms with Crippen molar-refractivity contribution in [1.29, 1.82) is 0 Å². The monoisotopic (exact) mass is 372 g/mol. The van der Waals surface area contributed by atoms with Crippen LogP contribution in [0.25, 0.3) is 16.2 Å². The van der Waals surface area contributed by atoms with E-state index in [0.29, 0.717) is 28.7 Å². The number of ether oxygens (including phenoxy) is 2. The number of rotatable bonds is 6. The van der Waals surface area contributed by atoms with Crippen LogP contribution in [-0.2, 0) is 16.0 Å². The molecule has 3 rings (SSSR count). The zero-order valence-corrected chi connectivity index (χ0v) is 16.0. The first kappa shape index (κ1) is 18.1. The number of aryl methyl sites for hydroxylation is 2. The third-order valence-electron chi connectivity index (χ3n) is 4.22. The molecule has 0 saturated carbocycles. The maximum atomic E-state index is 11.8. The lowest BCUT2D eigenvalue weighted by molar-refractivity contribution is -0.142. The fourth-order valence-corrected chi connectivity index (χ4v) is 3.77. The molecule has 7 heteroatoms. The van der Waals surface area contributed by atoms with Crippen LogP contribution in [0.2, 0.25) is 0 Å². The summed E-state index contributed by atoms with van der Waals surface area (Å²) in [5.41, 5.74) is 4.00. The standard InChI is InChI=1S/C19H20N2O4S/c1-5-25-17(23)8-13-9-21-15(10-22)18(20-19(21)26-13)14-6-11(2)12(3)7-16(14)24-4/h6-7,9-10H,5,8H2,1-4H3. The maximum Gasteiger partial charge on any atom is 0.311 e. The van der Waals surface area contributed by atoms with Crippen LogP contribution >= 0.6 is 11.3 Å². The van der Waals surface area contributed by atoms with Crippen molar-refractivity contribution in [3.05, 3.63) is 40.0 Å². The predicted octanol–water partition coefficient (Wildman–Crippen LogP) is 3.61. The van der Waals surface area contributed by atoms with Crippen molar-refractivity contribution in [1.82, 2.24) is 9.38 Å². The molecule has 0 aliphatic heterocycles. The Morgan fingerprint density at radius 2 is 2.04 bits per heavy atom. The van der Waals surface area contributed by atoms with Gasteiger partial charge in [-0.05, 0) is 44.0 Å². The lowest BCUT2D eigenvalue weighted by atomic mass is 10.0. The van der Waals surface area contributed by atoms with Gasteiger partial charge in [-0.2, -0.15) is 0 Å². The number of carbonyl (C=O) groups is 2. The largest absolute Gasteiger partial charge is 0.496 e. The Hall–Kier alpha value is -2.67. The maximum absolute atomic E-state index is 11.8. The number of thiazole rings is 1. The van der Waals surface area contributed by atoms with Gasteiger partial charge in [0.25, 0.3) is 0 Å². The van der Waals surface area contributed by atoms with Gasteiger partial charge in [0.2, 0.25) is 0 Å². The summed E-state index contributed by atoms with van der Waals surface area (Å²) in [6.45, 7) is 6.13. The third kappa shape index (κ3) is 3.22. The normalized spacial score (nSPS) is 10.9. The van der Waals surface area contributed by atoms with E-state index >= 15 is 0 Å². The van der Waals surface area contributed by atoms with Crippen LogP contribution in [0.1, 0.15) is 33.4 Å². The number of imidazole rings is 1. The quantitative estimate of drug-likeness (QED) is 0.488. The highest BCUT2D eigenvalue weighted by Crippen LogP contribution is 2.35. The van der Waals surface area contributed by atoms with Gasteiger partial charge in [0.15, 0.2) is 11.2 Å². The molecule has 2 aromatic heterocycles. The Morgan fingerprint density at radius 1 is 1.31 bits per heavy atom. The van der Waals surface area contributed by atoms with E-state index in [1.54, 1.807) is 24.6 Å². The number of hydrogen-bond acceptors (Lipinski definition) is 6. The van der Waals surface area contributed by atoms with Gasteiger partial charge in [-0.3, -0.25) is 14.0 Å². The Kier molecular flexibility index (Phi) is 5.08. The number of fused-ring (bicyclic) bond motifs is 1. The number of nitrogens with zero attached hydrogens (tertiary/aromatic N) is 2. The number of hydrogen-bond donors (Lipinski definition) is 0. The minimum Gasteiger partial charge on any atom is -0.496 e. The second-order valence-electron chi connectivity index (χ2n) is 5.93. The molecular formula is C19H20N2O4S. The van der Waals surface area contributed by atoms with E-state index in [-0.39, 0.29) is 12.4 Å². The van der Waals surface area contributed by atoms with Gasteiger partial charge in [-0.15, -0.1) is 11.3 Å². The van der Waals surface area contributed by atoms with Crippen LogP contribution in [-0.4, -0.2) is 35.4 Å². The Labute approximate surface area is 155 Å². The van der Waals surface area contributed by atoms with Crippen molar-refractivity contribution in [3.8, 4) is 17.0 Å². The molecule has 3 aromatic rings. The van der Waals surface area contributed by atoms with Gasteiger partial charge in [0, 0.05) is 16.6 Å². The molecule has 0 radical (unpaired) electrons. The molecule has 0 spiro atoms. The highest BCUT2D eigenvalue weighted by Gasteiger charge is 2.20.